The van der Waals surface area contributed by atoms with E-state index < -0.39 is 0 Å². The summed E-state index contributed by atoms with van der Waals surface area (Å²) in [5.74, 6) is 0.273. The highest BCUT2D eigenvalue weighted by atomic mass is 35.5. The molecule has 1 fully saturated rings. The lowest BCUT2D eigenvalue weighted by Crippen LogP contribution is -2.45. The third-order valence-corrected chi connectivity index (χ3v) is 3.52. The molecule has 0 aromatic heterocycles. The summed E-state index contributed by atoms with van der Waals surface area (Å²) in [6.07, 6.45) is 2.29. The number of carbonyl (C=O) groups excluding carboxylic acids is 1. The first kappa shape index (κ1) is 17.7. The molecule has 5 heteroatoms. The summed E-state index contributed by atoms with van der Waals surface area (Å²) >= 11 is 0. The van der Waals surface area contributed by atoms with Crippen molar-refractivity contribution in [3.05, 3.63) is 0 Å². The Bertz CT molecular complexity index is 228. The molecular weight excluding hydrogens is 250 g/mol. The molecule has 0 bridgehead atoms. The van der Waals surface area contributed by atoms with E-state index in [9.17, 15) is 4.79 Å². The zero-order chi connectivity index (χ0) is 12.7. The van der Waals surface area contributed by atoms with Gasteiger partial charge in [0.1, 0.15) is 0 Å². The van der Waals surface area contributed by atoms with Crippen molar-refractivity contribution in [3.8, 4) is 0 Å². The van der Waals surface area contributed by atoms with E-state index in [-0.39, 0.29) is 18.3 Å². The number of likely N-dealkylation sites (N-methyl/N-ethyl adjacent to an activating group) is 1. The summed E-state index contributed by atoms with van der Waals surface area (Å²) < 4.78 is 0. The zero-order valence-corrected chi connectivity index (χ0v) is 12.8. The third kappa shape index (κ3) is 5.12. The topological polar surface area (TPSA) is 35.6 Å². The largest absolute Gasteiger partial charge is 0.342 e. The Labute approximate surface area is 117 Å². The standard InChI is InChI=1S/C13H27N3O.ClH/c1-4-9-16(12-7-8-14-10-12)11-13(17)15(5-2)6-3;/h12,14H,4-11H2,1-3H3;1H. The molecule has 1 amide bonds. The molecule has 0 aromatic carbocycles. The molecule has 1 saturated heterocycles. The van der Waals surface area contributed by atoms with Crippen LogP contribution in [0.15, 0.2) is 0 Å². The maximum atomic E-state index is 12.1. The quantitative estimate of drug-likeness (QED) is 0.763. The number of carbonyl (C=O) groups is 1. The molecule has 0 aromatic rings. The van der Waals surface area contributed by atoms with Gasteiger partial charge in [0.25, 0.3) is 0 Å². The molecule has 108 valence electrons. The highest BCUT2D eigenvalue weighted by molar-refractivity contribution is 5.85. The number of hydrogen-bond acceptors (Lipinski definition) is 3. The van der Waals surface area contributed by atoms with Gasteiger partial charge in [0.15, 0.2) is 0 Å². The number of nitrogens with one attached hydrogen (secondary N) is 1. The minimum atomic E-state index is 0. The summed E-state index contributed by atoms with van der Waals surface area (Å²) in [6.45, 7) is 11.6. The van der Waals surface area contributed by atoms with Gasteiger partial charge in [0.05, 0.1) is 6.54 Å². The molecule has 18 heavy (non-hydrogen) atoms. The van der Waals surface area contributed by atoms with Crippen LogP contribution in [0.2, 0.25) is 0 Å². The highest BCUT2D eigenvalue weighted by Crippen LogP contribution is 2.09. The van der Waals surface area contributed by atoms with E-state index in [2.05, 4.69) is 17.1 Å². The molecule has 1 aliphatic heterocycles. The molecule has 0 saturated carbocycles. The lowest BCUT2D eigenvalue weighted by molar-refractivity contribution is -0.132. The van der Waals surface area contributed by atoms with Crippen molar-refractivity contribution >= 4 is 18.3 Å². The van der Waals surface area contributed by atoms with Crippen molar-refractivity contribution in [3.63, 3.8) is 0 Å². The lowest BCUT2D eigenvalue weighted by Gasteiger charge is -2.29. The van der Waals surface area contributed by atoms with Crippen molar-refractivity contribution in [1.29, 1.82) is 0 Å². The first-order valence-corrected chi connectivity index (χ1v) is 6.95. The van der Waals surface area contributed by atoms with Crippen molar-refractivity contribution in [2.24, 2.45) is 0 Å². The summed E-state index contributed by atoms with van der Waals surface area (Å²) in [4.78, 5) is 16.4. The minimum absolute atomic E-state index is 0. The van der Waals surface area contributed by atoms with Crippen molar-refractivity contribution in [2.75, 3.05) is 39.3 Å². The van der Waals surface area contributed by atoms with Gasteiger partial charge in [-0.25, -0.2) is 0 Å². The second-order valence-corrected chi connectivity index (χ2v) is 4.68. The van der Waals surface area contributed by atoms with E-state index in [0.717, 1.165) is 39.1 Å². The van der Waals surface area contributed by atoms with E-state index in [0.29, 0.717) is 12.6 Å². The first-order valence-electron chi connectivity index (χ1n) is 6.95. The van der Waals surface area contributed by atoms with E-state index in [4.69, 9.17) is 0 Å². The summed E-state index contributed by atoms with van der Waals surface area (Å²) in [5.41, 5.74) is 0. The Kier molecular flexibility index (Phi) is 9.42. The third-order valence-electron chi connectivity index (χ3n) is 3.52. The summed E-state index contributed by atoms with van der Waals surface area (Å²) in [5, 5.41) is 3.38. The molecule has 1 rings (SSSR count). The Morgan fingerprint density at radius 1 is 1.28 bits per heavy atom. The number of nitrogens with zero attached hydrogens (tertiary/aromatic N) is 2. The van der Waals surface area contributed by atoms with E-state index in [1.165, 1.54) is 6.42 Å². The monoisotopic (exact) mass is 277 g/mol. The normalized spacial score (nSPS) is 18.8. The van der Waals surface area contributed by atoms with Crippen LogP contribution in [0.3, 0.4) is 0 Å². The maximum Gasteiger partial charge on any atom is 0.236 e. The number of amides is 1. The smallest absolute Gasteiger partial charge is 0.236 e. The summed E-state index contributed by atoms with van der Waals surface area (Å²) in [7, 11) is 0. The molecule has 1 N–H and O–H groups in total. The van der Waals surface area contributed by atoms with Crippen LogP contribution in [0.25, 0.3) is 0 Å². The van der Waals surface area contributed by atoms with Gasteiger partial charge >= 0.3 is 0 Å². The van der Waals surface area contributed by atoms with Gasteiger partial charge in [0.2, 0.25) is 5.91 Å². The van der Waals surface area contributed by atoms with Crippen LogP contribution in [0.5, 0.6) is 0 Å². The molecular formula is C13H28ClN3O. The molecule has 1 aliphatic rings. The van der Waals surface area contributed by atoms with E-state index in [1.807, 2.05) is 18.7 Å². The lowest BCUT2D eigenvalue weighted by atomic mass is 10.2. The summed E-state index contributed by atoms with van der Waals surface area (Å²) in [6, 6.07) is 0.550. The predicted molar refractivity (Wildman–Crippen MR) is 78.3 cm³/mol. The fraction of sp³-hybridized carbons (Fsp3) is 0.923. The Morgan fingerprint density at radius 3 is 2.39 bits per heavy atom. The van der Waals surface area contributed by atoms with Crippen LogP contribution < -0.4 is 5.32 Å². The van der Waals surface area contributed by atoms with Gasteiger partial charge in [-0.3, -0.25) is 9.69 Å². The Hall–Kier alpha value is -0.320. The van der Waals surface area contributed by atoms with Gasteiger partial charge in [-0.05, 0) is 39.8 Å². The van der Waals surface area contributed by atoms with Crippen LogP contribution >= 0.6 is 12.4 Å². The zero-order valence-electron chi connectivity index (χ0n) is 11.9. The average molecular weight is 278 g/mol. The van der Waals surface area contributed by atoms with Crippen LogP contribution in [-0.2, 0) is 4.79 Å². The fourth-order valence-electron chi connectivity index (χ4n) is 2.48. The van der Waals surface area contributed by atoms with Crippen molar-refractivity contribution in [2.45, 2.75) is 39.7 Å². The second-order valence-electron chi connectivity index (χ2n) is 4.68. The van der Waals surface area contributed by atoms with Crippen LogP contribution in [0.4, 0.5) is 0 Å². The van der Waals surface area contributed by atoms with Gasteiger partial charge in [0, 0.05) is 25.7 Å². The molecule has 0 aliphatic carbocycles. The minimum Gasteiger partial charge on any atom is -0.342 e. The molecule has 4 nitrogen and oxygen atoms in total. The second kappa shape index (κ2) is 9.59. The molecule has 1 unspecified atom stereocenters. The molecule has 0 radical (unpaired) electrons. The van der Waals surface area contributed by atoms with Gasteiger partial charge < -0.3 is 10.2 Å². The Morgan fingerprint density at radius 2 is 1.94 bits per heavy atom. The Balaban J connectivity index is 0.00000289. The maximum absolute atomic E-state index is 12.1. The fourth-order valence-corrected chi connectivity index (χ4v) is 2.48. The van der Waals surface area contributed by atoms with Crippen molar-refractivity contribution < 1.29 is 4.79 Å². The van der Waals surface area contributed by atoms with Crippen molar-refractivity contribution in [1.82, 2.24) is 15.1 Å². The molecule has 1 heterocycles. The number of hydrogen-bond donors (Lipinski definition) is 1. The molecule has 0 spiro atoms. The predicted octanol–water partition coefficient (Wildman–Crippen LogP) is 1.35. The van der Waals surface area contributed by atoms with Crippen LogP contribution in [0.1, 0.15) is 33.6 Å². The van der Waals surface area contributed by atoms with Crippen LogP contribution in [-0.4, -0.2) is 61.0 Å². The van der Waals surface area contributed by atoms with E-state index in [1.54, 1.807) is 0 Å². The average Bonchev–Trinajstić information content (AvgIpc) is 2.83. The number of halogens is 1. The van der Waals surface area contributed by atoms with E-state index >= 15 is 0 Å². The van der Waals surface area contributed by atoms with Gasteiger partial charge in [-0.15, -0.1) is 12.4 Å². The van der Waals surface area contributed by atoms with Gasteiger partial charge in [-0.2, -0.15) is 0 Å². The molecule has 1 atom stereocenters. The first-order chi connectivity index (χ1) is 8.22. The SMILES string of the molecule is CCCN(CC(=O)N(CC)CC)C1CCNC1.Cl. The highest BCUT2D eigenvalue weighted by Gasteiger charge is 2.24. The van der Waals surface area contributed by atoms with Crippen LogP contribution in [0, 0.1) is 0 Å². The number of rotatable bonds is 7. The van der Waals surface area contributed by atoms with Gasteiger partial charge in [-0.1, -0.05) is 6.92 Å².